The van der Waals surface area contributed by atoms with Crippen molar-refractivity contribution >= 4 is 33.0 Å². The molecule has 0 aromatic carbocycles. The van der Waals surface area contributed by atoms with Gasteiger partial charge in [0.1, 0.15) is 4.88 Å². The normalized spacial score (nSPS) is 22.2. The number of nitrogens with two attached hydrogens (primary N) is 1. The number of amides is 1. The Morgan fingerprint density at radius 1 is 1.38 bits per heavy atom. The lowest BCUT2D eigenvalue weighted by Crippen LogP contribution is -2.29. The van der Waals surface area contributed by atoms with Gasteiger partial charge in [-0.2, -0.15) is 0 Å². The van der Waals surface area contributed by atoms with E-state index in [0.717, 1.165) is 21.5 Å². The van der Waals surface area contributed by atoms with Crippen LogP contribution < -0.4 is 5.73 Å². The third kappa shape index (κ3) is 2.27. The molecule has 0 radical (unpaired) electrons. The summed E-state index contributed by atoms with van der Waals surface area (Å²) in [6.07, 6.45) is -1.79. The van der Waals surface area contributed by atoms with Crippen molar-refractivity contribution in [1.82, 2.24) is 9.88 Å². The van der Waals surface area contributed by atoms with Crippen LogP contribution in [0.1, 0.15) is 21.1 Å². The molecule has 2 unspecified atom stereocenters. The summed E-state index contributed by atoms with van der Waals surface area (Å²) in [5.41, 5.74) is 8.24. The van der Waals surface area contributed by atoms with Crippen molar-refractivity contribution in [3.05, 3.63) is 22.3 Å². The first kappa shape index (κ1) is 14.2. The van der Waals surface area contributed by atoms with Crippen LogP contribution >= 0.6 is 11.3 Å². The van der Waals surface area contributed by atoms with Gasteiger partial charge in [-0.15, -0.1) is 11.3 Å². The first-order chi connectivity index (χ1) is 9.88. The zero-order valence-electron chi connectivity index (χ0n) is 11.8. The van der Waals surface area contributed by atoms with Gasteiger partial charge < -0.3 is 20.8 Å². The number of hydrogen-bond acceptors (Lipinski definition) is 6. The molecule has 3 rings (SSSR count). The maximum Gasteiger partial charge on any atom is 0.266 e. The first-order valence-corrected chi connectivity index (χ1v) is 7.51. The van der Waals surface area contributed by atoms with Crippen molar-refractivity contribution in [3.8, 4) is 0 Å². The number of thiophene rings is 1. The van der Waals surface area contributed by atoms with Gasteiger partial charge in [-0.05, 0) is 19.9 Å². The van der Waals surface area contributed by atoms with Gasteiger partial charge in [0.05, 0.1) is 17.9 Å². The summed E-state index contributed by atoms with van der Waals surface area (Å²) in [5, 5.41) is 20.0. The molecule has 0 bridgehead atoms. The minimum atomic E-state index is -0.893. The number of rotatable bonds is 1. The van der Waals surface area contributed by atoms with Gasteiger partial charge in [-0.3, -0.25) is 9.78 Å². The zero-order chi connectivity index (χ0) is 15.3. The lowest BCUT2D eigenvalue weighted by molar-refractivity contribution is 0.0572. The Morgan fingerprint density at radius 2 is 2.00 bits per heavy atom. The van der Waals surface area contributed by atoms with E-state index < -0.39 is 12.2 Å². The fourth-order valence-corrected chi connectivity index (χ4v) is 3.95. The molecule has 0 aliphatic carbocycles. The van der Waals surface area contributed by atoms with Crippen LogP contribution in [-0.4, -0.2) is 51.3 Å². The van der Waals surface area contributed by atoms with Gasteiger partial charge >= 0.3 is 0 Å². The van der Waals surface area contributed by atoms with Crippen molar-refractivity contribution in [3.63, 3.8) is 0 Å². The number of β-amino-alcohol motifs (C(OH)–C–C–N with tert-alkyl or cyclic N) is 2. The molecule has 0 saturated carbocycles. The number of carbonyl (C=O) groups is 1. The summed E-state index contributed by atoms with van der Waals surface area (Å²) >= 11 is 1.33. The van der Waals surface area contributed by atoms with E-state index in [9.17, 15) is 15.0 Å². The summed E-state index contributed by atoms with van der Waals surface area (Å²) in [4.78, 5) is 18.8. The Labute approximate surface area is 125 Å². The van der Waals surface area contributed by atoms with E-state index in [4.69, 9.17) is 5.73 Å². The van der Waals surface area contributed by atoms with E-state index in [2.05, 4.69) is 4.98 Å². The lowest BCUT2D eigenvalue weighted by atomic mass is 10.2. The molecular weight excluding hydrogens is 290 g/mol. The molecule has 6 nitrogen and oxygen atoms in total. The number of aliphatic hydroxyl groups is 2. The predicted molar refractivity (Wildman–Crippen MR) is 81.4 cm³/mol. The SMILES string of the molecule is Cc1cc2sc(C(=O)N3CC(O)C(O)C3)c(N)c2c(C)n1. The molecule has 1 aliphatic heterocycles. The van der Waals surface area contributed by atoms with Gasteiger partial charge in [0.2, 0.25) is 0 Å². The number of aryl methyl sites for hydroxylation is 2. The van der Waals surface area contributed by atoms with Gasteiger partial charge in [-0.1, -0.05) is 0 Å². The molecule has 1 fully saturated rings. The number of pyridine rings is 1. The van der Waals surface area contributed by atoms with Gasteiger partial charge in [-0.25, -0.2) is 0 Å². The molecule has 0 spiro atoms. The molecule has 7 heteroatoms. The van der Waals surface area contributed by atoms with Crippen LogP contribution in [-0.2, 0) is 0 Å². The number of hydrogen-bond donors (Lipinski definition) is 3. The van der Waals surface area contributed by atoms with E-state index in [1.807, 2.05) is 19.9 Å². The third-order valence-electron chi connectivity index (χ3n) is 3.76. The number of aliphatic hydroxyl groups excluding tert-OH is 2. The molecule has 1 saturated heterocycles. The van der Waals surface area contributed by atoms with Crippen molar-refractivity contribution in [2.75, 3.05) is 18.8 Å². The summed E-state index contributed by atoms with van der Waals surface area (Å²) in [7, 11) is 0. The molecule has 2 aromatic heterocycles. The van der Waals surface area contributed by atoms with Crippen molar-refractivity contribution < 1.29 is 15.0 Å². The fourth-order valence-electron chi connectivity index (χ4n) is 2.72. The monoisotopic (exact) mass is 307 g/mol. The number of carbonyl (C=O) groups excluding carboxylic acids is 1. The molecule has 3 heterocycles. The average Bonchev–Trinajstić information content (AvgIpc) is 2.90. The summed E-state index contributed by atoms with van der Waals surface area (Å²) in [6.45, 7) is 4.03. The maximum atomic E-state index is 12.5. The second-order valence-corrected chi connectivity index (χ2v) is 6.46. The van der Waals surface area contributed by atoms with E-state index in [1.165, 1.54) is 16.2 Å². The smallest absolute Gasteiger partial charge is 0.266 e. The van der Waals surface area contributed by atoms with Crippen LogP contribution in [0.2, 0.25) is 0 Å². The molecule has 1 aliphatic rings. The quantitative estimate of drug-likeness (QED) is 0.719. The van der Waals surface area contributed by atoms with Crippen LogP contribution in [0.5, 0.6) is 0 Å². The molecule has 112 valence electrons. The highest BCUT2D eigenvalue weighted by molar-refractivity contribution is 7.21. The van der Waals surface area contributed by atoms with Crippen LogP contribution in [0.4, 0.5) is 5.69 Å². The standard InChI is InChI=1S/C14H17N3O3S/c1-6-3-10-11(7(2)16-6)12(15)13(21-10)14(20)17-4-8(18)9(19)5-17/h3,8-9,18-19H,4-5,15H2,1-2H3. The second-order valence-electron chi connectivity index (χ2n) is 5.41. The van der Waals surface area contributed by atoms with Crippen molar-refractivity contribution in [2.45, 2.75) is 26.1 Å². The topological polar surface area (TPSA) is 99.7 Å². The van der Waals surface area contributed by atoms with Gasteiger partial charge in [0, 0.05) is 34.6 Å². The molecule has 21 heavy (non-hydrogen) atoms. The van der Waals surface area contributed by atoms with Crippen molar-refractivity contribution in [1.29, 1.82) is 0 Å². The van der Waals surface area contributed by atoms with E-state index >= 15 is 0 Å². The van der Waals surface area contributed by atoms with Gasteiger partial charge in [0.25, 0.3) is 5.91 Å². The molecule has 4 N–H and O–H groups in total. The van der Waals surface area contributed by atoms with Crippen LogP contribution in [0.25, 0.3) is 10.1 Å². The molecule has 2 atom stereocenters. The number of likely N-dealkylation sites (tertiary alicyclic amines) is 1. The Balaban J connectivity index is 2.03. The Kier molecular flexibility index (Phi) is 3.35. The lowest BCUT2D eigenvalue weighted by Gasteiger charge is -2.14. The second kappa shape index (κ2) is 4.94. The van der Waals surface area contributed by atoms with E-state index in [-0.39, 0.29) is 19.0 Å². The van der Waals surface area contributed by atoms with Crippen LogP contribution in [0, 0.1) is 13.8 Å². The minimum absolute atomic E-state index is 0.129. The van der Waals surface area contributed by atoms with Crippen LogP contribution in [0.3, 0.4) is 0 Å². The highest BCUT2D eigenvalue weighted by Gasteiger charge is 2.34. The molecule has 1 amide bonds. The Bertz CT molecular complexity index is 718. The number of nitrogen functional groups attached to an aromatic ring is 1. The minimum Gasteiger partial charge on any atom is -0.397 e. The summed E-state index contributed by atoms with van der Waals surface area (Å²) in [5.74, 6) is -0.249. The Hall–Kier alpha value is -1.70. The molecule has 2 aromatic rings. The van der Waals surface area contributed by atoms with E-state index in [1.54, 1.807) is 0 Å². The third-order valence-corrected chi connectivity index (χ3v) is 4.90. The van der Waals surface area contributed by atoms with Gasteiger partial charge in [0.15, 0.2) is 0 Å². The summed E-state index contributed by atoms with van der Waals surface area (Å²) in [6, 6.07) is 1.91. The number of nitrogens with zero attached hydrogens (tertiary/aromatic N) is 2. The molecular formula is C14H17N3O3S. The summed E-state index contributed by atoms with van der Waals surface area (Å²) < 4.78 is 0.932. The zero-order valence-corrected chi connectivity index (χ0v) is 12.6. The number of aromatic nitrogens is 1. The highest BCUT2D eigenvalue weighted by Crippen LogP contribution is 2.36. The van der Waals surface area contributed by atoms with E-state index in [0.29, 0.717) is 10.6 Å². The number of anilines is 1. The predicted octanol–water partition coefficient (Wildman–Crippen LogP) is 0.673. The first-order valence-electron chi connectivity index (χ1n) is 6.70. The highest BCUT2D eigenvalue weighted by atomic mass is 32.1. The fraction of sp³-hybridized carbons (Fsp3) is 0.429. The van der Waals surface area contributed by atoms with Crippen LogP contribution in [0.15, 0.2) is 6.07 Å². The largest absolute Gasteiger partial charge is 0.397 e. The number of fused-ring (bicyclic) bond motifs is 1. The average molecular weight is 307 g/mol. The maximum absolute atomic E-state index is 12.5. The Morgan fingerprint density at radius 3 is 2.62 bits per heavy atom. The van der Waals surface area contributed by atoms with Crippen molar-refractivity contribution in [2.24, 2.45) is 0 Å².